The lowest BCUT2D eigenvalue weighted by Crippen LogP contribution is -2.27. The number of azide groups is 1. The number of ether oxygens (including phenoxy) is 1. The van der Waals surface area contributed by atoms with Gasteiger partial charge in [-0.3, -0.25) is 4.90 Å². The standard InChI is InChI=1S/C35H35FN10O3S2/c1-22-24-10-6-19-46(32(24)43-42-31(22)41-34-39-26-11-3-4-12-28(26)50-34)35-40-30(33(47)48)29(51-35)13-7-20-49-27-15-14-23(21-25(27)36)9-5-17-45(2)18-8-16-38-44-37/h3-4,11-12,14-15,21H,6-8,10,13,16-20H2,1-2H3,(H,47,48)(H,39,41,42). The third-order valence-electron chi connectivity index (χ3n) is 8.21. The van der Waals surface area contributed by atoms with Gasteiger partial charge in [-0.1, -0.05) is 40.4 Å². The minimum Gasteiger partial charge on any atom is -0.491 e. The zero-order valence-corrected chi connectivity index (χ0v) is 29.7. The van der Waals surface area contributed by atoms with Crippen molar-refractivity contribution >= 4 is 60.8 Å². The van der Waals surface area contributed by atoms with Crippen LogP contribution in [0.2, 0.25) is 0 Å². The molecule has 6 rings (SSSR count). The summed E-state index contributed by atoms with van der Waals surface area (Å²) in [4.78, 5) is 28.7. The van der Waals surface area contributed by atoms with Crippen LogP contribution in [0.5, 0.6) is 5.75 Å². The zero-order valence-electron chi connectivity index (χ0n) is 28.1. The van der Waals surface area contributed by atoms with E-state index >= 15 is 0 Å². The number of hydrogen-bond donors (Lipinski definition) is 2. The lowest BCUT2D eigenvalue weighted by molar-refractivity contribution is 0.0690. The second-order valence-corrected chi connectivity index (χ2v) is 14.0. The number of aryl methyl sites for hydroxylation is 1. The van der Waals surface area contributed by atoms with Crippen LogP contribution in [0.25, 0.3) is 20.7 Å². The van der Waals surface area contributed by atoms with E-state index in [1.807, 2.05) is 48.0 Å². The molecule has 0 saturated carbocycles. The van der Waals surface area contributed by atoms with Gasteiger partial charge in [0.1, 0.15) is 0 Å². The minimum absolute atomic E-state index is 0.00338. The molecule has 2 N–H and O–H groups in total. The van der Waals surface area contributed by atoms with Gasteiger partial charge in [0, 0.05) is 39.6 Å². The van der Waals surface area contributed by atoms with Crippen LogP contribution in [0.4, 0.5) is 26.3 Å². The Kier molecular flexibility index (Phi) is 11.5. The van der Waals surface area contributed by atoms with Gasteiger partial charge in [-0.15, -0.1) is 21.5 Å². The maximum atomic E-state index is 14.8. The molecule has 2 aromatic carbocycles. The predicted molar refractivity (Wildman–Crippen MR) is 197 cm³/mol. The van der Waals surface area contributed by atoms with Gasteiger partial charge < -0.3 is 20.1 Å². The zero-order chi connectivity index (χ0) is 35.7. The van der Waals surface area contributed by atoms with Crippen molar-refractivity contribution in [1.82, 2.24) is 25.1 Å². The summed E-state index contributed by atoms with van der Waals surface area (Å²) in [5.41, 5.74) is 11.8. The number of nitrogens with zero attached hydrogens (tertiary/aromatic N) is 9. The molecule has 0 unspecified atom stereocenters. The maximum Gasteiger partial charge on any atom is 0.355 e. The third kappa shape index (κ3) is 8.70. The smallest absolute Gasteiger partial charge is 0.355 e. The molecular weight excluding hydrogens is 692 g/mol. The number of thiazole rings is 2. The molecule has 0 aliphatic carbocycles. The van der Waals surface area contributed by atoms with Gasteiger partial charge in [-0.2, -0.15) is 0 Å². The van der Waals surface area contributed by atoms with Gasteiger partial charge in [-0.25, -0.2) is 19.2 Å². The number of carboxylic acids is 1. The largest absolute Gasteiger partial charge is 0.491 e. The molecule has 0 atom stereocenters. The first-order valence-corrected chi connectivity index (χ1v) is 18.0. The number of rotatable bonds is 14. The highest BCUT2D eigenvalue weighted by Gasteiger charge is 2.28. The minimum atomic E-state index is -1.11. The molecule has 51 heavy (non-hydrogen) atoms. The molecule has 262 valence electrons. The fourth-order valence-corrected chi connectivity index (χ4v) is 7.61. The predicted octanol–water partition coefficient (Wildman–Crippen LogP) is 7.51. The van der Waals surface area contributed by atoms with Crippen molar-refractivity contribution in [3.8, 4) is 17.6 Å². The number of anilines is 4. The molecular formula is C35H35FN10O3S2. The van der Waals surface area contributed by atoms with Gasteiger partial charge in [0.25, 0.3) is 0 Å². The van der Waals surface area contributed by atoms with Gasteiger partial charge in [0.05, 0.1) is 23.4 Å². The highest BCUT2D eigenvalue weighted by Crippen LogP contribution is 2.39. The van der Waals surface area contributed by atoms with Gasteiger partial charge in [0.15, 0.2) is 39.2 Å². The summed E-state index contributed by atoms with van der Waals surface area (Å²) in [7, 11) is 1.91. The summed E-state index contributed by atoms with van der Waals surface area (Å²) in [6.07, 6.45) is 3.26. The fourth-order valence-electron chi connectivity index (χ4n) is 5.62. The number of carboxylic acid groups (broad SMARTS) is 1. The molecule has 16 heteroatoms. The Morgan fingerprint density at radius 1 is 1.22 bits per heavy atom. The summed E-state index contributed by atoms with van der Waals surface area (Å²) < 4.78 is 21.6. The maximum absolute atomic E-state index is 14.8. The number of nitrogens with one attached hydrogen (secondary N) is 1. The number of benzene rings is 2. The summed E-state index contributed by atoms with van der Waals surface area (Å²) in [5, 5.41) is 27.2. The normalized spacial score (nSPS) is 12.3. The Balaban J connectivity index is 1.07. The second kappa shape index (κ2) is 16.6. The molecule has 0 fully saturated rings. The molecule has 4 heterocycles. The van der Waals surface area contributed by atoms with Gasteiger partial charge in [-0.05, 0) is 88.5 Å². The topological polar surface area (TPSA) is 165 Å². The van der Waals surface area contributed by atoms with E-state index in [-0.39, 0.29) is 18.1 Å². The molecule has 3 aromatic heterocycles. The van der Waals surface area contributed by atoms with Crippen molar-refractivity contribution in [2.75, 3.05) is 50.1 Å². The van der Waals surface area contributed by atoms with Crippen LogP contribution in [0.15, 0.2) is 47.6 Å². The average Bonchev–Trinajstić information content (AvgIpc) is 3.74. The van der Waals surface area contributed by atoms with Crippen LogP contribution < -0.4 is 15.0 Å². The van der Waals surface area contributed by atoms with E-state index in [1.54, 1.807) is 23.5 Å². The molecule has 0 amide bonds. The summed E-state index contributed by atoms with van der Waals surface area (Å²) in [5.74, 6) is 5.77. The lowest BCUT2D eigenvalue weighted by Gasteiger charge is -2.28. The number of aromatic carboxylic acids is 1. The first kappa shape index (κ1) is 35.5. The van der Waals surface area contributed by atoms with Crippen LogP contribution in [0, 0.1) is 24.6 Å². The molecule has 0 radical (unpaired) electrons. The van der Waals surface area contributed by atoms with Crippen LogP contribution >= 0.6 is 22.7 Å². The Labute approximate surface area is 301 Å². The van der Waals surface area contributed by atoms with E-state index in [1.165, 1.54) is 17.4 Å². The van der Waals surface area contributed by atoms with Crippen molar-refractivity contribution in [3.05, 3.63) is 86.0 Å². The molecule has 0 spiro atoms. The number of hydrogen-bond acceptors (Lipinski definition) is 12. The summed E-state index contributed by atoms with van der Waals surface area (Å²) >= 11 is 2.86. The quantitative estimate of drug-likeness (QED) is 0.0385. The molecule has 0 saturated heterocycles. The Bertz CT molecular complexity index is 2120. The number of aromatic nitrogens is 4. The van der Waals surface area contributed by atoms with Crippen LogP contribution in [-0.2, 0) is 12.8 Å². The number of para-hydroxylation sites is 1. The molecule has 5 aromatic rings. The van der Waals surface area contributed by atoms with E-state index in [0.29, 0.717) is 59.7 Å². The van der Waals surface area contributed by atoms with Crippen molar-refractivity contribution in [3.63, 3.8) is 0 Å². The van der Waals surface area contributed by atoms with Crippen molar-refractivity contribution in [1.29, 1.82) is 0 Å². The molecule has 1 aliphatic rings. The van der Waals surface area contributed by atoms with Gasteiger partial charge in [0.2, 0.25) is 0 Å². The highest BCUT2D eigenvalue weighted by molar-refractivity contribution is 7.22. The second-order valence-electron chi connectivity index (χ2n) is 11.9. The van der Waals surface area contributed by atoms with Crippen LogP contribution in [0.3, 0.4) is 0 Å². The SMILES string of the molecule is Cc1c(Nc2nc3ccccc3s2)nnc2c1CCCN2c1nc(C(=O)O)c(CCCOc2ccc(C#CCN(C)CCCN=[N+]=[N-])cc2F)s1. The van der Waals surface area contributed by atoms with Crippen LogP contribution in [0.1, 0.15) is 51.3 Å². The molecule has 0 bridgehead atoms. The van der Waals surface area contributed by atoms with Crippen LogP contribution in [-0.4, -0.2) is 76.0 Å². The number of fused-ring (bicyclic) bond motifs is 2. The first-order chi connectivity index (χ1) is 24.8. The number of carbonyl (C=O) groups is 1. The molecule has 13 nitrogen and oxygen atoms in total. The Morgan fingerprint density at radius 2 is 2.08 bits per heavy atom. The Morgan fingerprint density at radius 3 is 2.88 bits per heavy atom. The average molecular weight is 727 g/mol. The van der Waals surface area contributed by atoms with E-state index in [0.717, 1.165) is 52.3 Å². The lowest BCUT2D eigenvalue weighted by atomic mass is 10.0. The fraction of sp³-hybridized carbons (Fsp3) is 0.343. The van der Waals surface area contributed by atoms with Crippen molar-refractivity contribution < 1.29 is 19.0 Å². The highest BCUT2D eigenvalue weighted by atomic mass is 32.1. The Hall–Kier alpha value is -5.33. The third-order valence-corrected chi connectivity index (χ3v) is 10.3. The monoisotopic (exact) mass is 726 g/mol. The first-order valence-electron chi connectivity index (χ1n) is 16.4. The molecule has 1 aliphatic heterocycles. The van der Waals surface area contributed by atoms with Crippen molar-refractivity contribution in [2.45, 2.75) is 39.0 Å². The summed E-state index contributed by atoms with van der Waals surface area (Å²) in [6.45, 7) is 4.49. The summed E-state index contributed by atoms with van der Waals surface area (Å²) in [6, 6.07) is 12.5. The van der Waals surface area contributed by atoms with E-state index < -0.39 is 11.8 Å². The van der Waals surface area contributed by atoms with E-state index in [9.17, 15) is 14.3 Å². The van der Waals surface area contributed by atoms with E-state index in [2.05, 4.69) is 47.3 Å². The van der Waals surface area contributed by atoms with E-state index in [4.69, 9.17) is 10.3 Å². The van der Waals surface area contributed by atoms with Gasteiger partial charge >= 0.3 is 5.97 Å². The number of halogens is 1. The van der Waals surface area contributed by atoms with Crippen molar-refractivity contribution in [2.24, 2.45) is 5.11 Å².